The van der Waals surface area contributed by atoms with Crippen LogP contribution in [0.4, 0.5) is 0 Å². The molecule has 0 radical (unpaired) electrons. The minimum Gasteiger partial charge on any atom is -0.487 e. The van der Waals surface area contributed by atoms with Crippen molar-refractivity contribution in [1.29, 1.82) is 0 Å². The van der Waals surface area contributed by atoms with Crippen LogP contribution in [-0.4, -0.2) is 41.4 Å². The van der Waals surface area contributed by atoms with Gasteiger partial charge in [-0.05, 0) is 87.4 Å². The van der Waals surface area contributed by atoms with Crippen LogP contribution in [0.25, 0.3) is 54.3 Å². The highest BCUT2D eigenvalue weighted by molar-refractivity contribution is 7.22. The van der Waals surface area contributed by atoms with Crippen molar-refractivity contribution in [3.63, 3.8) is 0 Å². The van der Waals surface area contributed by atoms with Crippen LogP contribution in [0.3, 0.4) is 0 Å². The van der Waals surface area contributed by atoms with E-state index in [1.807, 2.05) is 77.3 Å². The number of fused-ring (bicyclic) bond motifs is 2. The third kappa shape index (κ3) is 5.45. The van der Waals surface area contributed by atoms with E-state index in [0.29, 0.717) is 10.8 Å². The number of rotatable bonds is 6. The lowest BCUT2D eigenvalue weighted by molar-refractivity contribution is -0.136. The van der Waals surface area contributed by atoms with Gasteiger partial charge in [0.05, 0.1) is 34.2 Å². The molecule has 0 aliphatic carbocycles. The van der Waals surface area contributed by atoms with Gasteiger partial charge in [0, 0.05) is 35.0 Å². The topological polar surface area (TPSA) is 103 Å². The van der Waals surface area contributed by atoms with Crippen LogP contribution in [-0.2, 0) is 18.3 Å². The lowest BCUT2D eigenvalue weighted by Crippen LogP contribution is -2.23. The number of aromatic nitrogens is 5. The zero-order valence-electron chi connectivity index (χ0n) is 23.8. The molecule has 6 rings (SSSR count). The molecule has 0 aliphatic rings. The molecule has 0 aliphatic heterocycles. The van der Waals surface area contributed by atoms with Gasteiger partial charge < -0.3 is 9.84 Å². The SMILES string of the molecule is Cc1cc2nc(-c3ccnc(-c4ccc5nn(C)cc5n4)c3)sc2c(-c2ccc(Cl)cc2OC(C)(C)C)c1CC(=O)O. The Morgan fingerprint density at radius 1 is 1.02 bits per heavy atom. The molecule has 0 spiro atoms. The van der Waals surface area contributed by atoms with Crippen molar-refractivity contribution in [2.75, 3.05) is 0 Å². The number of pyridine rings is 2. The first kappa shape index (κ1) is 27.8. The summed E-state index contributed by atoms with van der Waals surface area (Å²) in [6, 6.07) is 15.2. The Hall–Kier alpha value is -4.34. The van der Waals surface area contributed by atoms with E-state index in [1.54, 1.807) is 23.0 Å². The lowest BCUT2D eigenvalue weighted by Gasteiger charge is -2.24. The minimum atomic E-state index is -0.910. The highest BCUT2D eigenvalue weighted by Gasteiger charge is 2.24. The van der Waals surface area contributed by atoms with Crippen molar-refractivity contribution >= 4 is 50.2 Å². The fourth-order valence-corrected chi connectivity index (χ4v) is 6.30. The second-order valence-corrected chi connectivity index (χ2v) is 12.6. The molecule has 6 aromatic rings. The van der Waals surface area contributed by atoms with Gasteiger partial charge in [-0.25, -0.2) is 9.97 Å². The number of carboxylic acids is 1. The van der Waals surface area contributed by atoms with E-state index in [1.165, 1.54) is 11.3 Å². The maximum Gasteiger partial charge on any atom is 0.307 e. The molecule has 4 heterocycles. The molecule has 0 saturated carbocycles. The smallest absolute Gasteiger partial charge is 0.307 e. The molecule has 0 saturated heterocycles. The molecule has 212 valence electrons. The molecule has 10 heteroatoms. The van der Waals surface area contributed by atoms with E-state index in [-0.39, 0.29) is 6.42 Å². The maximum atomic E-state index is 12.0. The van der Waals surface area contributed by atoms with E-state index in [0.717, 1.165) is 65.5 Å². The summed E-state index contributed by atoms with van der Waals surface area (Å²) in [5.74, 6) is -0.320. The summed E-state index contributed by atoms with van der Waals surface area (Å²) >= 11 is 7.90. The lowest BCUT2D eigenvalue weighted by atomic mass is 9.92. The minimum absolute atomic E-state index is 0.135. The standard InChI is InChI=1S/C32H28ClN5O3S/c1-17-12-25-30(29(21(17)15-28(39)40)20-7-6-19(33)14-27(20)41-32(2,3)4)42-31(36-25)18-10-11-34-24(13-18)22-8-9-23-26(35-22)16-38(5)37-23/h6-14,16H,15H2,1-5H3,(H,39,40). The second-order valence-electron chi connectivity index (χ2n) is 11.2. The molecule has 0 amide bonds. The Kier molecular flexibility index (Phi) is 6.95. The molecule has 8 nitrogen and oxygen atoms in total. The van der Waals surface area contributed by atoms with Crippen LogP contribution in [0.5, 0.6) is 5.75 Å². The normalized spacial score (nSPS) is 11.9. The monoisotopic (exact) mass is 597 g/mol. The summed E-state index contributed by atoms with van der Waals surface area (Å²) in [4.78, 5) is 26.3. The second kappa shape index (κ2) is 10.5. The van der Waals surface area contributed by atoms with E-state index in [2.05, 4.69) is 10.1 Å². The van der Waals surface area contributed by atoms with Crippen LogP contribution in [0, 0.1) is 6.92 Å². The molecule has 2 aromatic carbocycles. The van der Waals surface area contributed by atoms with E-state index in [4.69, 9.17) is 26.3 Å². The molecule has 0 bridgehead atoms. The average Bonchev–Trinajstić information content (AvgIpc) is 3.50. The first-order valence-electron chi connectivity index (χ1n) is 13.4. The summed E-state index contributed by atoms with van der Waals surface area (Å²) in [5.41, 5.74) is 7.39. The summed E-state index contributed by atoms with van der Waals surface area (Å²) in [6.07, 6.45) is 3.50. The molecule has 4 aromatic heterocycles. The van der Waals surface area contributed by atoms with Gasteiger partial charge in [-0.2, -0.15) is 5.10 Å². The Labute approximate surface area is 251 Å². The summed E-state index contributed by atoms with van der Waals surface area (Å²) in [7, 11) is 1.87. The van der Waals surface area contributed by atoms with Crippen LogP contribution in [0.1, 0.15) is 31.9 Å². The zero-order valence-corrected chi connectivity index (χ0v) is 25.3. The molecule has 0 atom stereocenters. The van der Waals surface area contributed by atoms with Crippen molar-refractivity contribution in [2.45, 2.75) is 39.7 Å². The van der Waals surface area contributed by atoms with Crippen LogP contribution in [0.2, 0.25) is 5.02 Å². The zero-order chi connectivity index (χ0) is 29.8. The van der Waals surface area contributed by atoms with Gasteiger partial charge in [-0.1, -0.05) is 11.6 Å². The molecule has 1 N–H and O–H groups in total. The first-order valence-corrected chi connectivity index (χ1v) is 14.6. The van der Waals surface area contributed by atoms with Crippen molar-refractivity contribution in [1.82, 2.24) is 24.7 Å². The Balaban J connectivity index is 1.53. The third-order valence-electron chi connectivity index (χ3n) is 6.71. The van der Waals surface area contributed by atoms with Crippen molar-refractivity contribution in [3.05, 3.63) is 77.1 Å². The molecule has 0 unspecified atom stereocenters. The van der Waals surface area contributed by atoms with Gasteiger partial charge in [0.15, 0.2) is 0 Å². The van der Waals surface area contributed by atoms with Crippen molar-refractivity contribution in [3.8, 4) is 38.8 Å². The van der Waals surface area contributed by atoms with Gasteiger partial charge in [-0.15, -0.1) is 11.3 Å². The predicted molar refractivity (Wildman–Crippen MR) is 167 cm³/mol. The Bertz CT molecular complexity index is 2010. The van der Waals surface area contributed by atoms with Gasteiger partial charge in [-0.3, -0.25) is 14.5 Å². The van der Waals surface area contributed by atoms with Gasteiger partial charge in [0.25, 0.3) is 0 Å². The van der Waals surface area contributed by atoms with Crippen molar-refractivity contribution < 1.29 is 14.6 Å². The fourth-order valence-electron chi connectivity index (χ4n) is 5.01. The van der Waals surface area contributed by atoms with E-state index >= 15 is 0 Å². The number of ether oxygens (including phenoxy) is 1. The summed E-state index contributed by atoms with van der Waals surface area (Å²) < 4.78 is 8.95. The van der Waals surface area contributed by atoms with Crippen LogP contribution >= 0.6 is 22.9 Å². The predicted octanol–water partition coefficient (Wildman–Crippen LogP) is 7.74. The van der Waals surface area contributed by atoms with Gasteiger partial charge in [0.2, 0.25) is 0 Å². The first-order chi connectivity index (χ1) is 19.9. The number of hydrogen-bond donors (Lipinski definition) is 1. The highest BCUT2D eigenvalue weighted by Crippen LogP contribution is 2.45. The Morgan fingerprint density at radius 3 is 2.60 bits per heavy atom. The number of benzene rings is 2. The molecule has 42 heavy (non-hydrogen) atoms. The van der Waals surface area contributed by atoms with Crippen molar-refractivity contribution in [2.24, 2.45) is 7.05 Å². The average molecular weight is 598 g/mol. The number of nitrogens with zero attached hydrogens (tertiary/aromatic N) is 5. The fraction of sp³-hybridized carbons (Fsp3) is 0.219. The quantitative estimate of drug-likeness (QED) is 0.209. The summed E-state index contributed by atoms with van der Waals surface area (Å²) in [6.45, 7) is 7.82. The number of carboxylic acid groups (broad SMARTS) is 1. The number of aryl methyl sites for hydroxylation is 2. The van der Waals surface area contributed by atoms with Gasteiger partial charge in [0.1, 0.15) is 27.4 Å². The number of halogens is 1. The van der Waals surface area contributed by atoms with Crippen LogP contribution < -0.4 is 4.74 Å². The van der Waals surface area contributed by atoms with E-state index in [9.17, 15) is 9.90 Å². The molecular formula is C32H28ClN5O3S. The molecular weight excluding hydrogens is 570 g/mol. The third-order valence-corrected chi connectivity index (χ3v) is 8.09. The number of thiazole rings is 1. The molecule has 0 fully saturated rings. The number of hydrogen-bond acceptors (Lipinski definition) is 7. The number of aliphatic carboxylic acids is 1. The largest absolute Gasteiger partial charge is 0.487 e. The van der Waals surface area contributed by atoms with Gasteiger partial charge >= 0.3 is 5.97 Å². The number of carbonyl (C=O) groups is 1. The summed E-state index contributed by atoms with van der Waals surface area (Å²) in [5, 5.41) is 15.6. The van der Waals surface area contributed by atoms with Crippen LogP contribution in [0.15, 0.2) is 60.9 Å². The highest BCUT2D eigenvalue weighted by atomic mass is 35.5. The Morgan fingerprint density at radius 2 is 1.83 bits per heavy atom. The van der Waals surface area contributed by atoms with E-state index < -0.39 is 11.6 Å². The maximum absolute atomic E-state index is 12.0.